The molecule has 0 saturated carbocycles. The first-order valence-electron chi connectivity index (χ1n) is 12.6. The SMILES string of the molecule is COc1cc(CP(OCC(F)(F)F)OCC(F)(F)F)ccc1Nc1ncc(C(F)(F)F)c(Nc2cccc3c2C(=O)N(C)C3)n1. The second-order valence-corrected chi connectivity index (χ2v) is 11.0. The summed E-state index contributed by atoms with van der Waals surface area (Å²) in [5, 5.41) is 5.27. The minimum atomic E-state index is -4.88. The van der Waals surface area contributed by atoms with Crippen molar-refractivity contribution in [3.63, 3.8) is 0 Å². The minimum Gasteiger partial charge on any atom is -0.495 e. The van der Waals surface area contributed by atoms with E-state index in [1.165, 1.54) is 36.3 Å². The fourth-order valence-corrected chi connectivity index (χ4v) is 5.44. The summed E-state index contributed by atoms with van der Waals surface area (Å²) < 4.78 is 132. The van der Waals surface area contributed by atoms with E-state index in [4.69, 9.17) is 4.74 Å². The van der Waals surface area contributed by atoms with Crippen molar-refractivity contribution in [2.24, 2.45) is 0 Å². The van der Waals surface area contributed by atoms with E-state index in [-0.39, 0.29) is 40.7 Å². The van der Waals surface area contributed by atoms with Crippen LogP contribution in [-0.4, -0.2) is 60.5 Å². The molecule has 19 heteroatoms. The number of fused-ring (bicyclic) bond motifs is 1. The number of anilines is 4. The van der Waals surface area contributed by atoms with Gasteiger partial charge in [-0.25, -0.2) is 4.98 Å². The van der Waals surface area contributed by atoms with Gasteiger partial charge in [0.25, 0.3) is 5.91 Å². The Hall–Kier alpha value is -3.89. The largest absolute Gasteiger partial charge is 0.495 e. The smallest absolute Gasteiger partial charge is 0.421 e. The van der Waals surface area contributed by atoms with E-state index in [0.717, 1.165) is 0 Å². The van der Waals surface area contributed by atoms with Crippen molar-refractivity contribution >= 4 is 37.4 Å². The third-order valence-corrected chi connectivity index (χ3v) is 7.49. The van der Waals surface area contributed by atoms with Gasteiger partial charge in [-0.1, -0.05) is 18.2 Å². The van der Waals surface area contributed by atoms with E-state index in [9.17, 15) is 44.3 Å². The number of hydrogen-bond acceptors (Lipinski definition) is 8. The maximum atomic E-state index is 13.9. The number of nitrogens with one attached hydrogen (secondary N) is 2. The quantitative estimate of drug-likeness (QED) is 0.159. The van der Waals surface area contributed by atoms with Gasteiger partial charge in [0.2, 0.25) is 5.95 Å². The van der Waals surface area contributed by atoms with Crippen LogP contribution in [0.4, 0.5) is 62.7 Å². The van der Waals surface area contributed by atoms with Gasteiger partial charge in [0, 0.05) is 26.0 Å². The summed E-state index contributed by atoms with van der Waals surface area (Å²) in [6, 6.07) is 8.56. The number of hydrogen-bond donors (Lipinski definition) is 2. The summed E-state index contributed by atoms with van der Waals surface area (Å²) in [5.41, 5.74) is -0.0579. The normalized spacial score (nSPS) is 13.8. The molecule has 0 bridgehead atoms. The monoisotopic (exact) mass is 671 g/mol. The zero-order valence-electron chi connectivity index (χ0n) is 23.2. The van der Waals surface area contributed by atoms with Crippen LogP contribution in [0.25, 0.3) is 0 Å². The molecular weight excluding hydrogens is 648 g/mol. The number of rotatable bonds is 11. The third kappa shape index (κ3) is 9.08. The molecule has 2 heterocycles. The number of halogens is 9. The molecule has 0 unspecified atom stereocenters. The molecule has 0 atom stereocenters. The molecule has 1 aliphatic rings. The van der Waals surface area contributed by atoms with Gasteiger partial charge < -0.3 is 29.3 Å². The van der Waals surface area contributed by atoms with Crippen molar-refractivity contribution in [1.29, 1.82) is 0 Å². The van der Waals surface area contributed by atoms with Gasteiger partial charge in [0.15, 0.2) is 8.38 Å². The van der Waals surface area contributed by atoms with Gasteiger partial charge in [-0.2, -0.15) is 44.5 Å². The molecule has 45 heavy (non-hydrogen) atoms. The molecule has 244 valence electrons. The van der Waals surface area contributed by atoms with Gasteiger partial charge in [-0.15, -0.1) is 0 Å². The van der Waals surface area contributed by atoms with Crippen LogP contribution in [0.2, 0.25) is 0 Å². The van der Waals surface area contributed by atoms with E-state index in [0.29, 0.717) is 11.8 Å². The molecule has 0 spiro atoms. The minimum absolute atomic E-state index is 0.00149. The summed E-state index contributed by atoms with van der Waals surface area (Å²) in [6.07, 6.45) is -14.4. The highest BCUT2D eigenvalue weighted by Crippen LogP contribution is 2.46. The maximum Gasteiger partial charge on any atom is 0.421 e. The molecule has 4 rings (SSSR count). The Labute approximate surface area is 250 Å². The fraction of sp³-hybridized carbons (Fsp3) is 0.346. The summed E-state index contributed by atoms with van der Waals surface area (Å²) in [5.74, 6) is -1.39. The number of aromatic nitrogens is 2. The second kappa shape index (κ2) is 13.2. The van der Waals surface area contributed by atoms with E-state index in [1.807, 2.05) is 0 Å². The van der Waals surface area contributed by atoms with E-state index in [2.05, 4.69) is 29.6 Å². The number of carbonyl (C=O) groups excluding carboxylic acids is 1. The summed E-state index contributed by atoms with van der Waals surface area (Å²) in [6.45, 7) is -3.38. The number of alkyl halides is 9. The van der Waals surface area contributed by atoms with Crippen molar-refractivity contribution in [1.82, 2.24) is 14.9 Å². The molecule has 2 N–H and O–H groups in total. The van der Waals surface area contributed by atoms with Crippen LogP contribution in [0.1, 0.15) is 27.0 Å². The first kappa shape index (κ1) is 34.0. The zero-order valence-corrected chi connectivity index (χ0v) is 24.1. The lowest BCUT2D eigenvalue weighted by Gasteiger charge is -2.20. The van der Waals surface area contributed by atoms with Crippen LogP contribution in [0.5, 0.6) is 5.75 Å². The van der Waals surface area contributed by atoms with Crippen LogP contribution in [-0.2, 0) is 27.9 Å². The van der Waals surface area contributed by atoms with Crippen LogP contribution < -0.4 is 15.4 Å². The Balaban J connectivity index is 1.59. The topological polar surface area (TPSA) is 97.8 Å². The standard InChI is InChI=1S/C26H23F9N5O4P/c1-40-10-15-4-3-5-18(20(15)22(40)41)37-21-16(26(33,34)35)9-36-23(39-21)38-17-7-6-14(8-19(17)42-2)11-45(43-12-24(27,28)29)44-13-25(30,31)32/h3-9H,10-13H2,1-2H3,(H2,36,37,38,39). The lowest BCUT2D eigenvalue weighted by molar-refractivity contribution is -0.162. The van der Waals surface area contributed by atoms with Crippen LogP contribution >= 0.6 is 8.38 Å². The van der Waals surface area contributed by atoms with Crippen molar-refractivity contribution in [3.8, 4) is 5.75 Å². The summed E-state index contributed by atoms with van der Waals surface area (Å²) >= 11 is 0. The highest BCUT2D eigenvalue weighted by atomic mass is 31.2. The van der Waals surface area contributed by atoms with Gasteiger partial charge in [-0.3, -0.25) is 4.79 Å². The zero-order chi connectivity index (χ0) is 33.2. The Kier molecular flexibility index (Phi) is 9.99. The highest BCUT2D eigenvalue weighted by molar-refractivity contribution is 7.46. The molecule has 0 radical (unpaired) electrons. The molecule has 1 amide bonds. The molecule has 3 aromatic rings. The second-order valence-electron chi connectivity index (χ2n) is 9.51. The van der Waals surface area contributed by atoms with Gasteiger partial charge in [-0.05, 0) is 29.3 Å². The number of amides is 1. The highest BCUT2D eigenvalue weighted by Gasteiger charge is 2.37. The molecule has 1 aromatic heterocycles. The van der Waals surface area contributed by atoms with Crippen LogP contribution in [0, 0.1) is 0 Å². The number of methoxy groups -OCH3 is 1. The molecule has 1 aliphatic heterocycles. The molecule has 9 nitrogen and oxygen atoms in total. The molecule has 0 saturated heterocycles. The fourth-order valence-electron chi connectivity index (χ4n) is 4.10. The maximum absolute atomic E-state index is 13.9. The van der Waals surface area contributed by atoms with E-state index < -0.39 is 63.6 Å². The van der Waals surface area contributed by atoms with Gasteiger partial charge >= 0.3 is 18.5 Å². The predicted octanol–water partition coefficient (Wildman–Crippen LogP) is 7.55. The van der Waals surface area contributed by atoms with Gasteiger partial charge in [0.05, 0.1) is 24.0 Å². The van der Waals surface area contributed by atoms with E-state index in [1.54, 1.807) is 19.2 Å². The Morgan fingerprint density at radius 3 is 2.20 bits per heavy atom. The Morgan fingerprint density at radius 2 is 1.60 bits per heavy atom. The first-order chi connectivity index (χ1) is 20.9. The number of benzene rings is 2. The van der Waals surface area contributed by atoms with Gasteiger partial charge in [0.1, 0.15) is 30.3 Å². The first-order valence-corrected chi connectivity index (χ1v) is 14.0. The van der Waals surface area contributed by atoms with Crippen molar-refractivity contribution in [2.45, 2.75) is 31.2 Å². The summed E-state index contributed by atoms with van der Waals surface area (Å²) in [4.78, 5) is 21.7. The number of carbonyl (C=O) groups is 1. The lowest BCUT2D eigenvalue weighted by Crippen LogP contribution is -2.19. The lowest BCUT2D eigenvalue weighted by atomic mass is 10.1. The van der Waals surface area contributed by atoms with Crippen molar-refractivity contribution < 1.29 is 58.1 Å². The Morgan fingerprint density at radius 1 is 0.933 bits per heavy atom. The Bertz CT molecular complexity index is 1520. The third-order valence-electron chi connectivity index (χ3n) is 6.03. The predicted molar refractivity (Wildman–Crippen MR) is 143 cm³/mol. The van der Waals surface area contributed by atoms with Crippen molar-refractivity contribution in [2.75, 3.05) is 38.0 Å². The van der Waals surface area contributed by atoms with Crippen molar-refractivity contribution in [3.05, 3.63) is 64.8 Å². The average Bonchev–Trinajstić information content (AvgIpc) is 3.23. The molecule has 0 aliphatic carbocycles. The van der Waals surface area contributed by atoms with Crippen LogP contribution in [0.15, 0.2) is 42.6 Å². The molecular formula is C26H23F9N5O4P. The summed E-state index contributed by atoms with van der Waals surface area (Å²) in [7, 11) is 0.0777. The average molecular weight is 671 g/mol. The molecule has 2 aromatic carbocycles. The molecule has 0 fully saturated rings. The number of nitrogens with zero attached hydrogens (tertiary/aromatic N) is 3. The van der Waals surface area contributed by atoms with E-state index >= 15 is 0 Å². The number of ether oxygens (including phenoxy) is 1. The van der Waals surface area contributed by atoms with Crippen LogP contribution in [0.3, 0.4) is 0 Å².